The highest BCUT2D eigenvalue weighted by Gasteiger charge is 2.12. The smallest absolute Gasteiger partial charge is 0.0815 e. The van der Waals surface area contributed by atoms with Gasteiger partial charge in [0.2, 0.25) is 0 Å². The molecule has 0 unspecified atom stereocenters. The van der Waals surface area contributed by atoms with Crippen molar-refractivity contribution in [3.05, 3.63) is 69.8 Å². The summed E-state index contributed by atoms with van der Waals surface area (Å²) in [5, 5.41) is 4.87. The molecular formula is C19H19Cl3N2. The number of allylic oxidation sites excluding steroid dienone is 2. The summed E-state index contributed by atoms with van der Waals surface area (Å²) in [5.41, 5.74) is 4.15. The van der Waals surface area contributed by atoms with Crippen LogP contribution in [0.15, 0.2) is 64.8 Å². The van der Waals surface area contributed by atoms with Gasteiger partial charge >= 0.3 is 0 Å². The van der Waals surface area contributed by atoms with Gasteiger partial charge in [-0.2, -0.15) is 0 Å². The Morgan fingerprint density at radius 1 is 0.875 bits per heavy atom. The molecule has 2 nitrogen and oxygen atoms in total. The first-order chi connectivity index (χ1) is 11.2. The zero-order valence-electron chi connectivity index (χ0n) is 13.1. The molecule has 1 aliphatic rings. The van der Waals surface area contributed by atoms with E-state index in [9.17, 15) is 0 Å². The molecule has 0 bridgehead atoms. The summed E-state index contributed by atoms with van der Waals surface area (Å²) in [6.07, 6.45) is 6.31. The third-order valence-corrected chi connectivity index (χ3v) is 4.53. The first-order valence-electron chi connectivity index (χ1n) is 7.76. The molecule has 0 atom stereocenters. The Morgan fingerprint density at radius 3 is 2.29 bits per heavy atom. The van der Waals surface area contributed by atoms with E-state index in [2.05, 4.69) is 10.3 Å². The maximum atomic E-state index is 6.25. The van der Waals surface area contributed by atoms with Gasteiger partial charge in [0.1, 0.15) is 0 Å². The molecule has 1 aliphatic carbocycles. The standard InChI is InChI=1S/C19H18Cl2N2.ClH/c20-15-8-2-5-11-18(15)22-13-14-7-1-4-10-17(14)23-19-12-6-3-9-16(19)21;/h2-3,5-6,8-9,11-13,23H,1,4,7,10H2;1H. The summed E-state index contributed by atoms with van der Waals surface area (Å²) >= 11 is 12.4. The first-order valence-corrected chi connectivity index (χ1v) is 8.52. The zero-order chi connectivity index (χ0) is 16.1. The number of nitrogens with zero attached hydrogens (tertiary/aromatic N) is 1. The van der Waals surface area contributed by atoms with E-state index in [0.29, 0.717) is 5.02 Å². The van der Waals surface area contributed by atoms with Crippen LogP contribution in [0.4, 0.5) is 11.4 Å². The van der Waals surface area contributed by atoms with Gasteiger partial charge in [0.15, 0.2) is 0 Å². The summed E-state index contributed by atoms with van der Waals surface area (Å²) in [6.45, 7) is 0. The van der Waals surface area contributed by atoms with Crippen molar-refractivity contribution in [2.45, 2.75) is 25.7 Å². The fraction of sp³-hybridized carbons (Fsp3) is 0.211. The van der Waals surface area contributed by atoms with Crippen LogP contribution in [0.25, 0.3) is 0 Å². The summed E-state index contributed by atoms with van der Waals surface area (Å²) in [5.74, 6) is 0. The number of rotatable bonds is 4. The van der Waals surface area contributed by atoms with Crippen molar-refractivity contribution < 1.29 is 0 Å². The topological polar surface area (TPSA) is 24.4 Å². The Labute approximate surface area is 159 Å². The lowest BCUT2D eigenvalue weighted by molar-refractivity contribution is 0.692. The Balaban J connectivity index is 0.00000208. The molecule has 0 spiro atoms. The minimum atomic E-state index is 0. The van der Waals surface area contributed by atoms with E-state index in [1.54, 1.807) is 0 Å². The van der Waals surface area contributed by atoms with Gasteiger partial charge in [0.05, 0.1) is 21.4 Å². The van der Waals surface area contributed by atoms with Crippen LogP contribution in [-0.2, 0) is 0 Å². The molecule has 0 saturated carbocycles. The van der Waals surface area contributed by atoms with E-state index in [0.717, 1.165) is 29.2 Å². The maximum absolute atomic E-state index is 6.25. The zero-order valence-corrected chi connectivity index (χ0v) is 15.5. The van der Waals surface area contributed by atoms with Gasteiger partial charge in [0, 0.05) is 11.9 Å². The van der Waals surface area contributed by atoms with Gasteiger partial charge in [-0.1, -0.05) is 47.5 Å². The van der Waals surface area contributed by atoms with E-state index in [4.69, 9.17) is 23.2 Å². The Morgan fingerprint density at radius 2 is 1.54 bits per heavy atom. The third kappa shape index (κ3) is 4.76. The number of hydrogen-bond acceptors (Lipinski definition) is 2. The van der Waals surface area contributed by atoms with Crippen molar-refractivity contribution in [1.29, 1.82) is 0 Å². The summed E-state index contributed by atoms with van der Waals surface area (Å²) in [6, 6.07) is 15.4. The second-order valence-electron chi connectivity index (χ2n) is 5.53. The molecule has 2 aromatic carbocycles. The molecule has 0 aliphatic heterocycles. The van der Waals surface area contributed by atoms with Gasteiger partial charge < -0.3 is 5.32 Å². The van der Waals surface area contributed by atoms with Crippen molar-refractivity contribution >= 4 is 53.2 Å². The summed E-state index contributed by atoms with van der Waals surface area (Å²) < 4.78 is 0. The Hall–Kier alpha value is -1.48. The Bertz CT molecular complexity index is 754. The van der Waals surface area contributed by atoms with E-state index in [1.165, 1.54) is 24.1 Å². The van der Waals surface area contributed by atoms with Crippen LogP contribution in [0.1, 0.15) is 25.7 Å². The van der Waals surface area contributed by atoms with Crippen LogP contribution in [0.2, 0.25) is 10.0 Å². The third-order valence-electron chi connectivity index (χ3n) is 3.88. The fourth-order valence-electron chi connectivity index (χ4n) is 2.64. The molecule has 126 valence electrons. The minimum absolute atomic E-state index is 0. The van der Waals surface area contributed by atoms with Gasteiger partial charge in [-0.3, -0.25) is 4.99 Å². The SMILES string of the molecule is Cl.Clc1ccccc1N=CC1=C(Nc2ccccc2Cl)CCCC1. The highest BCUT2D eigenvalue weighted by atomic mass is 35.5. The quantitative estimate of drug-likeness (QED) is 0.563. The molecule has 5 heteroatoms. The summed E-state index contributed by atoms with van der Waals surface area (Å²) in [4.78, 5) is 4.56. The van der Waals surface area contributed by atoms with Gasteiger partial charge in [-0.25, -0.2) is 0 Å². The summed E-state index contributed by atoms with van der Waals surface area (Å²) in [7, 11) is 0. The van der Waals surface area contributed by atoms with E-state index < -0.39 is 0 Å². The second kappa shape index (κ2) is 9.12. The van der Waals surface area contributed by atoms with Crippen LogP contribution < -0.4 is 5.32 Å². The van der Waals surface area contributed by atoms with E-state index in [-0.39, 0.29) is 12.4 Å². The molecular weight excluding hydrogens is 363 g/mol. The van der Waals surface area contributed by atoms with Crippen molar-refractivity contribution in [3.63, 3.8) is 0 Å². The van der Waals surface area contributed by atoms with Crippen molar-refractivity contribution in [2.24, 2.45) is 4.99 Å². The molecule has 0 aromatic heterocycles. The lowest BCUT2D eigenvalue weighted by Gasteiger charge is -2.20. The van der Waals surface area contributed by atoms with Crippen molar-refractivity contribution in [2.75, 3.05) is 5.32 Å². The van der Waals surface area contributed by atoms with Crippen molar-refractivity contribution in [3.8, 4) is 0 Å². The number of anilines is 1. The highest BCUT2D eigenvalue weighted by molar-refractivity contribution is 6.33. The lowest BCUT2D eigenvalue weighted by atomic mass is 9.96. The average Bonchev–Trinajstić information content (AvgIpc) is 2.57. The number of halogens is 3. The number of benzene rings is 2. The molecule has 1 N–H and O–H groups in total. The van der Waals surface area contributed by atoms with Gasteiger partial charge in [-0.15, -0.1) is 12.4 Å². The van der Waals surface area contributed by atoms with Crippen LogP contribution in [0, 0.1) is 0 Å². The molecule has 0 fully saturated rings. The molecule has 3 rings (SSSR count). The fourth-order valence-corrected chi connectivity index (χ4v) is 3.01. The largest absolute Gasteiger partial charge is 0.357 e. The van der Waals surface area contributed by atoms with Crippen LogP contribution in [0.3, 0.4) is 0 Å². The van der Waals surface area contributed by atoms with Crippen LogP contribution in [-0.4, -0.2) is 6.21 Å². The molecule has 0 heterocycles. The normalized spacial score (nSPS) is 14.6. The molecule has 0 amide bonds. The minimum Gasteiger partial charge on any atom is -0.357 e. The molecule has 24 heavy (non-hydrogen) atoms. The Kier molecular flexibility index (Phi) is 7.16. The van der Waals surface area contributed by atoms with Gasteiger partial charge in [-0.05, 0) is 55.5 Å². The first kappa shape index (κ1) is 18.9. The highest BCUT2D eigenvalue weighted by Crippen LogP contribution is 2.30. The molecule has 0 radical (unpaired) electrons. The van der Waals surface area contributed by atoms with E-state index >= 15 is 0 Å². The number of para-hydroxylation sites is 2. The lowest BCUT2D eigenvalue weighted by Crippen LogP contribution is -2.09. The van der Waals surface area contributed by atoms with Crippen LogP contribution in [0.5, 0.6) is 0 Å². The van der Waals surface area contributed by atoms with E-state index in [1.807, 2.05) is 54.7 Å². The average molecular weight is 382 g/mol. The number of hydrogen-bond donors (Lipinski definition) is 1. The molecule has 2 aromatic rings. The predicted octanol–water partition coefficient (Wildman–Crippen LogP) is 7.06. The predicted molar refractivity (Wildman–Crippen MR) is 107 cm³/mol. The maximum Gasteiger partial charge on any atom is 0.0815 e. The van der Waals surface area contributed by atoms with Gasteiger partial charge in [0.25, 0.3) is 0 Å². The van der Waals surface area contributed by atoms with Crippen molar-refractivity contribution in [1.82, 2.24) is 0 Å². The number of nitrogens with one attached hydrogen (secondary N) is 1. The number of aliphatic imine (C=N–C) groups is 1. The monoisotopic (exact) mass is 380 g/mol. The second-order valence-corrected chi connectivity index (χ2v) is 6.34. The van der Waals surface area contributed by atoms with Crippen LogP contribution >= 0.6 is 35.6 Å². The molecule has 0 saturated heterocycles.